The molecule has 2 heterocycles. The van der Waals surface area contributed by atoms with E-state index in [2.05, 4.69) is 71.8 Å². The Labute approximate surface area is 197 Å². The first-order valence-corrected chi connectivity index (χ1v) is 16.4. The summed E-state index contributed by atoms with van der Waals surface area (Å²) in [7, 11) is -2.57. The van der Waals surface area contributed by atoms with Crippen LogP contribution in [0.15, 0.2) is 34.7 Å². The maximum absolute atomic E-state index is 3.50. The van der Waals surface area contributed by atoms with Gasteiger partial charge in [0.1, 0.15) is 16.5 Å². The van der Waals surface area contributed by atoms with Gasteiger partial charge < -0.3 is 9.13 Å². The van der Waals surface area contributed by atoms with Gasteiger partial charge in [0, 0.05) is 25.8 Å². The summed E-state index contributed by atoms with van der Waals surface area (Å²) in [6, 6.07) is 0. The molecule has 0 aromatic carbocycles. The van der Waals surface area contributed by atoms with E-state index in [1.165, 1.54) is 62.3 Å². The Balaban J connectivity index is 0.000000490. The first kappa shape index (κ1) is 29.0. The number of rotatable bonds is 4. The Morgan fingerprint density at radius 1 is 0.655 bits per heavy atom. The van der Waals surface area contributed by atoms with Crippen LogP contribution < -0.4 is 0 Å². The summed E-state index contributed by atoms with van der Waals surface area (Å²) in [4.78, 5) is 0. The van der Waals surface area contributed by atoms with Gasteiger partial charge in [0.25, 0.3) is 0 Å². The maximum atomic E-state index is 3.50. The first-order chi connectivity index (χ1) is 12.4. The number of halogens is 2. The SMILES string of the molecule is C[Si](C)(C1=[C-]CC=C1)N1CCCC1.C[Si](C)(C1=[C-]CC=C1)N1CCCC1.F.F.[Hf]. The van der Waals surface area contributed by atoms with Gasteiger partial charge in [-0.25, -0.2) is 22.5 Å². The molecule has 0 bridgehead atoms. The molecule has 0 amide bonds. The summed E-state index contributed by atoms with van der Waals surface area (Å²) in [5.74, 6) is 0. The van der Waals surface area contributed by atoms with E-state index in [4.69, 9.17) is 0 Å². The first-order valence-electron chi connectivity index (χ1n) is 10.5. The van der Waals surface area contributed by atoms with E-state index in [1.807, 2.05) is 0 Å². The van der Waals surface area contributed by atoms with Crippen LogP contribution in [0.1, 0.15) is 38.5 Å². The minimum absolute atomic E-state index is 0. The zero-order chi connectivity index (χ0) is 18.6. The predicted octanol–water partition coefficient (Wildman–Crippen LogP) is 5.33. The quantitative estimate of drug-likeness (QED) is 0.317. The van der Waals surface area contributed by atoms with Crippen molar-refractivity contribution >= 4 is 16.5 Å². The molecule has 2 saturated heterocycles. The third kappa shape index (κ3) is 7.02. The van der Waals surface area contributed by atoms with E-state index < -0.39 is 16.5 Å². The van der Waals surface area contributed by atoms with Crippen molar-refractivity contribution in [3.05, 3.63) is 46.8 Å². The molecule has 29 heavy (non-hydrogen) atoms. The van der Waals surface area contributed by atoms with E-state index in [1.54, 1.807) is 0 Å². The van der Waals surface area contributed by atoms with Crippen LogP contribution in [-0.2, 0) is 25.8 Å². The molecule has 0 N–H and O–H groups in total. The van der Waals surface area contributed by atoms with Crippen LogP contribution in [0, 0.1) is 12.2 Å². The fourth-order valence-corrected chi connectivity index (χ4v) is 10.2. The largest absolute Gasteiger partial charge is 0.322 e. The molecule has 0 saturated carbocycles. The molecular weight excluding hydrogens is 565 g/mol. The Bertz CT molecular complexity index is 564. The second kappa shape index (κ2) is 12.8. The molecule has 0 aromatic heterocycles. The predicted molar refractivity (Wildman–Crippen MR) is 123 cm³/mol. The third-order valence-electron chi connectivity index (χ3n) is 6.50. The number of hydrogen-bond donors (Lipinski definition) is 0. The molecule has 7 heteroatoms. The summed E-state index contributed by atoms with van der Waals surface area (Å²) in [5.41, 5.74) is 0. The van der Waals surface area contributed by atoms with Gasteiger partial charge in [0.2, 0.25) is 0 Å². The summed E-state index contributed by atoms with van der Waals surface area (Å²) >= 11 is 0. The molecule has 2 nitrogen and oxygen atoms in total. The van der Waals surface area contributed by atoms with E-state index in [9.17, 15) is 0 Å². The third-order valence-corrected chi connectivity index (χ3v) is 13.9. The van der Waals surface area contributed by atoms with E-state index >= 15 is 0 Å². The Morgan fingerprint density at radius 3 is 1.21 bits per heavy atom. The summed E-state index contributed by atoms with van der Waals surface area (Å²) < 4.78 is 5.43. The molecule has 2 fully saturated rings. The number of hydrogen-bond acceptors (Lipinski definition) is 2. The standard InChI is InChI=1S/2C11H18NSi.2FH.Hf/c2*1-13(2,11-7-3-4-8-11)12-9-5-6-10-12;;;/h2*3,7H,4-6,9-10H2,1-2H3;2*1H;/q2*-1;;;. The molecule has 2 aliphatic heterocycles. The Hall–Kier alpha value is 0.0439. The van der Waals surface area contributed by atoms with Gasteiger partial charge in [-0.1, -0.05) is 26.2 Å². The topological polar surface area (TPSA) is 6.48 Å². The van der Waals surface area contributed by atoms with Crippen LogP contribution >= 0.6 is 0 Å². The summed E-state index contributed by atoms with van der Waals surface area (Å²) in [6.07, 6.45) is 23.7. The van der Waals surface area contributed by atoms with Gasteiger partial charge in [-0.15, -0.1) is 12.8 Å². The van der Waals surface area contributed by atoms with Crippen molar-refractivity contribution in [1.29, 1.82) is 0 Å². The zero-order valence-electron chi connectivity index (χ0n) is 18.6. The molecule has 2 aliphatic carbocycles. The molecule has 0 unspecified atom stereocenters. The second-order valence-corrected chi connectivity index (χ2v) is 17.5. The molecular formula is C22H38F2HfN2Si2-2. The average molecular weight is 603 g/mol. The van der Waals surface area contributed by atoms with Gasteiger partial charge in [-0.05, 0) is 51.9 Å². The minimum Gasteiger partial charge on any atom is -0.322 e. The van der Waals surface area contributed by atoms with Crippen LogP contribution in [0.5, 0.6) is 0 Å². The normalized spacial score (nSPS) is 21.5. The van der Waals surface area contributed by atoms with Crippen molar-refractivity contribution < 1.29 is 35.3 Å². The fraction of sp³-hybridized carbons (Fsp3) is 0.636. The molecule has 4 aliphatic rings. The van der Waals surface area contributed by atoms with Crippen LogP contribution in [0.3, 0.4) is 0 Å². The van der Waals surface area contributed by atoms with E-state index in [-0.39, 0.29) is 35.3 Å². The Kier molecular flexibility index (Phi) is 12.8. The van der Waals surface area contributed by atoms with Crippen LogP contribution in [0.2, 0.25) is 26.2 Å². The molecule has 0 aromatic rings. The smallest absolute Gasteiger partial charge is 0.117 e. The molecule has 0 spiro atoms. The van der Waals surface area contributed by atoms with Crippen molar-refractivity contribution in [1.82, 2.24) is 9.13 Å². The van der Waals surface area contributed by atoms with Gasteiger partial charge in [0.05, 0.1) is 0 Å². The van der Waals surface area contributed by atoms with Crippen molar-refractivity contribution in [2.45, 2.75) is 64.7 Å². The van der Waals surface area contributed by atoms with Crippen molar-refractivity contribution in [2.75, 3.05) is 26.2 Å². The number of allylic oxidation sites excluding steroid dienone is 8. The molecule has 0 atom stereocenters. The average Bonchev–Trinajstić information content (AvgIpc) is 3.47. The van der Waals surface area contributed by atoms with Crippen molar-refractivity contribution in [2.24, 2.45) is 0 Å². The second-order valence-electron chi connectivity index (χ2n) is 8.90. The minimum atomic E-state index is -1.29. The van der Waals surface area contributed by atoms with Crippen LogP contribution in [0.25, 0.3) is 0 Å². The molecule has 164 valence electrons. The maximum Gasteiger partial charge on any atom is 0.117 e. The van der Waals surface area contributed by atoms with E-state index in [0.29, 0.717) is 0 Å². The van der Waals surface area contributed by atoms with Gasteiger partial charge in [0.15, 0.2) is 0 Å². The summed E-state index contributed by atoms with van der Waals surface area (Å²) in [5, 5.41) is 3.05. The van der Waals surface area contributed by atoms with Crippen molar-refractivity contribution in [3.63, 3.8) is 0 Å². The van der Waals surface area contributed by atoms with Gasteiger partial charge >= 0.3 is 0 Å². The zero-order valence-corrected chi connectivity index (χ0v) is 24.2. The molecule has 4 rings (SSSR count). The van der Waals surface area contributed by atoms with Crippen LogP contribution in [-0.4, -0.2) is 51.8 Å². The van der Waals surface area contributed by atoms with Gasteiger partial charge in [-0.2, -0.15) is 12.2 Å². The van der Waals surface area contributed by atoms with Crippen LogP contribution in [0.4, 0.5) is 9.41 Å². The number of nitrogens with zero attached hydrogens (tertiary/aromatic N) is 2. The fourth-order valence-electron chi connectivity index (χ4n) is 4.54. The van der Waals surface area contributed by atoms with Crippen molar-refractivity contribution in [3.8, 4) is 0 Å². The van der Waals surface area contributed by atoms with Gasteiger partial charge in [-0.3, -0.25) is 21.6 Å². The summed E-state index contributed by atoms with van der Waals surface area (Å²) in [6.45, 7) is 15.1. The molecule has 0 radical (unpaired) electrons. The monoisotopic (exact) mass is 604 g/mol. The Morgan fingerprint density at radius 2 is 0.966 bits per heavy atom. The van der Waals surface area contributed by atoms with E-state index in [0.717, 1.165) is 12.8 Å².